The van der Waals surface area contributed by atoms with E-state index in [4.69, 9.17) is 14.2 Å². The van der Waals surface area contributed by atoms with Crippen molar-refractivity contribution in [2.24, 2.45) is 0 Å². The lowest BCUT2D eigenvalue weighted by atomic mass is 10.1. The van der Waals surface area contributed by atoms with Crippen molar-refractivity contribution in [3.05, 3.63) is 40.8 Å². The van der Waals surface area contributed by atoms with Crippen LogP contribution in [-0.2, 0) is 16.1 Å². The fourth-order valence-corrected chi connectivity index (χ4v) is 3.73. The van der Waals surface area contributed by atoms with Gasteiger partial charge >= 0.3 is 0 Å². The standard InChI is InChI=1S/C18H21NO4S/c1-3-21-16(22-4-2)10-19-18(20)15-9-12-11-23-14-8-6-5-7-13(14)17(12)24-15/h5-9,16H,3-4,10-11H2,1-2H3,(H,19,20). The summed E-state index contributed by atoms with van der Waals surface area (Å²) in [5, 5.41) is 2.88. The molecule has 1 aromatic heterocycles. The highest BCUT2D eigenvalue weighted by molar-refractivity contribution is 7.17. The first-order valence-corrected chi connectivity index (χ1v) is 8.90. The van der Waals surface area contributed by atoms with Gasteiger partial charge in [-0.25, -0.2) is 0 Å². The monoisotopic (exact) mass is 347 g/mol. The van der Waals surface area contributed by atoms with Crippen LogP contribution >= 0.6 is 11.3 Å². The minimum Gasteiger partial charge on any atom is -0.488 e. The van der Waals surface area contributed by atoms with Crippen molar-refractivity contribution in [2.45, 2.75) is 26.7 Å². The molecule has 1 aliphatic rings. The smallest absolute Gasteiger partial charge is 0.261 e. The zero-order valence-corrected chi connectivity index (χ0v) is 14.7. The lowest BCUT2D eigenvalue weighted by Gasteiger charge is -2.17. The second kappa shape index (κ2) is 7.79. The number of carbonyl (C=O) groups excluding carboxylic acids is 1. The Bertz CT molecular complexity index is 707. The topological polar surface area (TPSA) is 56.8 Å². The Labute approximate surface area is 145 Å². The van der Waals surface area contributed by atoms with Crippen molar-refractivity contribution in [1.82, 2.24) is 5.32 Å². The Hall–Kier alpha value is -1.89. The van der Waals surface area contributed by atoms with Crippen molar-refractivity contribution in [3.63, 3.8) is 0 Å². The number of fused-ring (bicyclic) bond motifs is 3. The highest BCUT2D eigenvalue weighted by atomic mass is 32.1. The molecule has 128 valence electrons. The van der Waals surface area contributed by atoms with Gasteiger partial charge < -0.3 is 19.5 Å². The molecule has 1 aliphatic heterocycles. The minimum atomic E-state index is -0.414. The molecule has 24 heavy (non-hydrogen) atoms. The van der Waals surface area contributed by atoms with Gasteiger partial charge in [0.25, 0.3) is 5.91 Å². The fourth-order valence-electron chi connectivity index (χ4n) is 2.61. The van der Waals surface area contributed by atoms with E-state index < -0.39 is 6.29 Å². The van der Waals surface area contributed by atoms with Crippen LogP contribution in [0.2, 0.25) is 0 Å². The zero-order chi connectivity index (χ0) is 16.9. The summed E-state index contributed by atoms with van der Waals surface area (Å²) < 4.78 is 16.6. The average molecular weight is 347 g/mol. The molecule has 1 N–H and O–H groups in total. The molecule has 2 aromatic rings. The van der Waals surface area contributed by atoms with Gasteiger partial charge in [-0.15, -0.1) is 11.3 Å². The van der Waals surface area contributed by atoms with Crippen LogP contribution in [0, 0.1) is 0 Å². The summed E-state index contributed by atoms with van der Waals surface area (Å²) in [7, 11) is 0. The minimum absolute atomic E-state index is 0.115. The van der Waals surface area contributed by atoms with Crippen LogP contribution in [0.25, 0.3) is 10.4 Å². The average Bonchev–Trinajstić information content (AvgIpc) is 3.04. The van der Waals surface area contributed by atoms with Gasteiger partial charge in [0.05, 0.1) is 11.4 Å². The van der Waals surface area contributed by atoms with Crippen molar-refractivity contribution in [3.8, 4) is 16.2 Å². The Morgan fingerprint density at radius 3 is 2.79 bits per heavy atom. The number of benzene rings is 1. The van der Waals surface area contributed by atoms with E-state index in [2.05, 4.69) is 5.32 Å². The molecular weight excluding hydrogens is 326 g/mol. The van der Waals surface area contributed by atoms with Crippen molar-refractivity contribution >= 4 is 17.2 Å². The predicted octanol–water partition coefficient (Wildman–Crippen LogP) is 3.44. The molecule has 0 unspecified atom stereocenters. The summed E-state index contributed by atoms with van der Waals surface area (Å²) >= 11 is 1.49. The van der Waals surface area contributed by atoms with Crippen LogP contribution in [0.1, 0.15) is 29.1 Å². The molecule has 1 aromatic carbocycles. The van der Waals surface area contributed by atoms with Crippen molar-refractivity contribution in [2.75, 3.05) is 19.8 Å². The maximum absolute atomic E-state index is 12.4. The highest BCUT2D eigenvalue weighted by Crippen LogP contribution is 2.42. The Balaban J connectivity index is 1.71. The third kappa shape index (κ3) is 3.61. The quantitative estimate of drug-likeness (QED) is 0.780. The number of rotatable bonds is 7. The molecule has 0 bridgehead atoms. The lowest BCUT2D eigenvalue weighted by Crippen LogP contribution is -2.35. The number of carbonyl (C=O) groups is 1. The molecule has 2 heterocycles. The van der Waals surface area contributed by atoms with Gasteiger partial charge in [0, 0.05) is 29.2 Å². The van der Waals surface area contributed by atoms with E-state index in [0.717, 1.165) is 21.8 Å². The van der Waals surface area contributed by atoms with E-state index in [1.807, 2.05) is 44.2 Å². The molecule has 6 heteroatoms. The van der Waals surface area contributed by atoms with Gasteiger partial charge in [-0.2, -0.15) is 0 Å². The summed E-state index contributed by atoms with van der Waals surface area (Å²) in [6.45, 7) is 5.72. The summed E-state index contributed by atoms with van der Waals surface area (Å²) in [5.74, 6) is 0.753. The largest absolute Gasteiger partial charge is 0.488 e. The van der Waals surface area contributed by atoms with Gasteiger partial charge in [0.1, 0.15) is 12.4 Å². The summed E-state index contributed by atoms with van der Waals surface area (Å²) in [5.41, 5.74) is 2.10. The maximum Gasteiger partial charge on any atom is 0.261 e. The molecule has 0 radical (unpaired) electrons. The summed E-state index contributed by atoms with van der Waals surface area (Å²) in [6, 6.07) is 9.80. The Morgan fingerprint density at radius 2 is 2.04 bits per heavy atom. The normalized spacial score (nSPS) is 12.5. The van der Waals surface area contributed by atoms with Crippen molar-refractivity contribution < 1.29 is 19.0 Å². The zero-order valence-electron chi connectivity index (χ0n) is 13.8. The molecule has 0 spiro atoms. The molecule has 5 nitrogen and oxygen atoms in total. The van der Waals surface area contributed by atoms with E-state index in [1.54, 1.807) is 0 Å². The van der Waals surface area contributed by atoms with E-state index >= 15 is 0 Å². The second-order valence-electron chi connectivity index (χ2n) is 5.30. The third-order valence-corrected chi connectivity index (χ3v) is 4.89. The molecule has 0 saturated carbocycles. The van der Waals surface area contributed by atoms with Gasteiger partial charge in [0.15, 0.2) is 6.29 Å². The molecule has 0 fully saturated rings. The molecule has 0 saturated heterocycles. The number of amides is 1. The molecule has 0 atom stereocenters. The van der Waals surface area contributed by atoms with Crippen LogP contribution in [0.5, 0.6) is 5.75 Å². The van der Waals surface area contributed by atoms with Gasteiger partial charge in [0.2, 0.25) is 0 Å². The first-order chi connectivity index (χ1) is 11.7. The molecular formula is C18H21NO4S. The van der Waals surface area contributed by atoms with Crippen LogP contribution < -0.4 is 10.1 Å². The second-order valence-corrected chi connectivity index (χ2v) is 6.35. The molecule has 1 amide bonds. The molecule has 0 aliphatic carbocycles. The van der Waals surface area contributed by atoms with Gasteiger partial charge in [-0.3, -0.25) is 4.79 Å². The number of hydrogen-bond donors (Lipinski definition) is 1. The third-order valence-electron chi connectivity index (χ3n) is 3.68. The van der Waals surface area contributed by atoms with Gasteiger partial charge in [-0.1, -0.05) is 12.1 Å². The van der Waals surface area contributed by atoms with Crippen LogP contribution in [0.3, 0.4) is 0 Å². The highest BCUT2D eigenvalue weighted by Gasteiger charge is 2.22. The first-order valence-electron chi connectivity index (χ1n) is 8.09. The van der Waals surface area contributed by atoms with E-state index in [9.17, 15) is 4.79 Å². The number of para-hydroxylation sites is 1. The van der Waals surface area contributed by atoms with E-state index in [0.29, 0.717) is 31.2 Å². The van der Waals surface area contributed by atoms with Crippen LogP contribution in [0.15, 0.2) is 30.3 Å². The van der Waals surface area contributed by atoms with Crippen LogP contribution in [0.4, 0.5) is 0 Å². The lowest BCUT2D eigenvalue weighted by molar-refractivity contribution is -0.131. The number of ether oxygens (including phenoxy) is 3. The molecule has 3 rings (SSSR count). The number of hydrogen-bond acceptors (Lipinski definition) is 5. The number of thiophene rings is 1. The fraction of sp³-hybridized carbons (Fsp3) is 0.389. The Morgan fingerprint density at radius 1 is 1.29 bits per heavy atom. The first kappa shape index (κ1) is 17.0. The maximum atomic E-state index is 12.4. The van der Waals surface area contributed by atoms with E-state index in [-0.39, 0.29) is 5.91 Å². The van der Waals surface area contributed by atoms with Gasteiger partial charge in [-0.05, 0) is 32.0 Å². The SMILES string of the molecule is CCOC(CNC(=O)c1cc2c(s1)-c1ccccc1OC2)OCC. The number of nitrogens with one attached hydrogen (secondary N) is 1. The Kier molecular flexibility index (Phi) is 5.50. The van der Waals surface area contributed by atoms with Crippen LogP contribution in [-0.4, -0.2) is 32.0 Å². The predicted molar refractivity (Wildman–Crippen MR) is 93.5 cm³/mol. The summed E-state index contributed by atoms with van der Waals surface area (Å²) in [6.07, 6.45) is -0.414. The summed E-state index contributed by atoms with van der Waals surface area (Å²) in [4.78, 5) is 14.2. The van der Waals surface area contributed by atoms with Crippen molar-refractivity contribution in [1.29, 1.82) is 0 Å². The van der Waals surface area contributed by atoms with E-state index in [1.165, 1.54) is 11.3 Å².